The fourth-order valence-corrected chi connectivity index (χ4v) is 4.07. The SMILES string of the molecule is CCC(=O)N1CCC[C@H]1c1nc2ccccc2n1CCOc1cccc(OC)c1. The molecule has 0 spiro atoms. The number of methoxy groups -OCH3 is 1. The van der Waals surface area contributed by atoms with Crippen LogP contribution >= 0.6 is 0 Å². The number of ether oxygens (including phenoxy) is 2. The Labute approximate surface area is 171 Å². The van der Waals surface area contributed by atoms with Gasteiger partial charge in [-0.2, -0.15) is 0 Å². The van der Waals surface area contributed by atoms with Crippen LogP contribution in [0, 0.1) is 0 Å². The monoisotopic (exact) mass is 393 g/mol. The zero-order valence-corrected chi connectivity index (χ0v) is 17.0. The van der Waals surface area contributed by atoms with Crippen LogP contribution in [0.3, 0.4) is 0 Å². The predicted molar refractivity (Wildman–Crippen MR) is 112 cm³/mol. The van der Waals surface area contributed by atoms with E-state index in [-0.39, 0.29) is 11.9 Å². The quantitative estimate of drug-likeness (QED) is 0.604. The third-order valence-corrected chi connectivity index (χ3v) is 5.48. The van der Waals surface area contributed by atoms with E-state index in [0.717, 1.165) is 47.7 Å². The average Bonchev–Trinajstić information content (AvgIpc) is 3.38. The summed E-state index contributed by atoms with van der Waals surface area (Å²) in [6.07, 6.45) is 2.49. The van der Waals surface area contributed by atoms with Gasteiger partial charge in [0.05, 0.1) is 30.7 Å². The maximum atomic E-state index is 12.4. The minimum Gasteiger partial charge on any atom is -0.497 e. The van der Waals surface area contributed by atoms with Gasteiger partial charge in [0, 0.05) is 19.0 Å². The fourth-order valence-electron chi connectivity index (χ4n) is 4.07. The molecule has 0 saturated carbocycles. The number of nitrogens with zero attached hydrogens (tertiary/aromatic N) is 3. The van der Waals surface area contributed by atoms with Gasteiger partial charge in [-0.3, -0.25) is 4.79 Å². The molecular formula is C23H27N3O3. The molecular weight excluding hydrogens is 366 g/mol. The van der Waals surface area contributed by atoms with Crippen LogP contribution < -0.4 is 9.47 Å². The molecule has 0 N–H and O–H groups in total. The Morgan fingerprint density at radius 3 is 2.83 bits per heavy atom. The number of likely N-dealkylation sites (tertiary alicyclic amines) is 1. The summed E-state index contributed by atoms with van der Waals surface area (Å²) in [7, 11) is 1.65. The molecule has 1 aliphatic rings. The second-order valence-corrected chi connectivity index (χ2v) is 7.24. The van der Waals surface area contributed by atoms with Gasteiger partial charge >= 0.3 is 0 Å². The Bertz CT molecular complexity index is 998. The van der Waals surface area contributed by atoms with Gasteiger partial charge in [0.1, 0.15) is 23.9 Å². The molecule has 1 fully saturated rings. The van der Waals surface area contributed by atoms with Crippen LogP contribution in [-0.4, -0.2) is 40.6 Å². The number of hydrogen-bond donors (Lipinski definition) is 0. The Morgan fingerprint density at radius 2 is 2.00 bits per heavy atom. The van der Waals surface area contributed by atoms with Crippen molar-refractivity contribution in [2.75, 3.05) is 20.3 Å². The van der Waals surface area contributed by atoms with E-state index >= 15 is 0 Å². The number of benzene rings is 2. The van der Waals surface area contributed by atoms with Crippen LogP contribution in [0.1, 0.15) is 38.1 Å². The highest BCUT2D eigenvalue weighted by molar-refractivity contribution is 5.78. The predicted octanol–water partition coefficient (Wildman–Crippen LogP) is 4.20. The molecule has 0 aliphatic carbocycles. The van der Waals surface area contributed by atoms with Crippen LogP contribution in [-0.2, 0) is 11.3 Å². The highest BCUT2D eigenvalue weighted by atomic mass is 16.5. The number of rotatable bonds is 7. The van der Waals surface area contributed by atoms with Crippen molar-refractivity contribution in [2.45, 2.75) is 38.8 Å². The van der Waals surface area contributed by atoms with Gasteiger partial charge in [0.15, 0.2) is 0 Å². The molecule has 1 saturated heterocycles. The lowest BCUT2D eigenvalue weighted by Gasteiger charge is -2.25. The first-order valence-electron chi connectivity index (χ1n) is 10.2. The van der Waals surface area contributed by atoms with E-state index in [1.165, 1.54) is 0 Å². The standard InChI is InChI=1S/C23H27N3O3/c1-3-22(27)25-13-7-12-21(25)23-24-19-10-4-5-11-20(19)26(23)14-15-29-18-9-6-8-17(16-18)28-2/h4-6,8-11,16,21H,3,7,12-15H2,1-2H3/t21-/m0/s1. The Balaban J connectivity index is 1.59. The maximum Gasteiger partial charge on any atom is 0.222 e. The summed E-state index contributed by atoms with van der Waals surface area (Å²) in [4.78, 5) is 19.3. The zero-order chi connectivity index (χ0) is 20.2. The number of fused-ring (bicyclic) bond motifs is 1. The van der Waals surface area contributed by atoms with Gasteiger partial charge in [0.25, 0.3) is 0 Å². The van der Waals surface area contributed by atoms with Crippen LogP contribution in [0.25, 0.3) is 11.0 Å². The summed E-state index contributed by atoms with van der Waals surface area (Å²) in [5.41, 5.74) is 2.03. The molecule has 4 rings (SSSR count). The number of hydrogen-bond acceptors (Lipinski definition) is 4. The highest BCUT2D eigenvalue weighted by Crippen LogP contribution is 2.34. The van der Waals surface area contributed by atoms with Crippen molar-refractivity contribution in [1.29, 1.82) is 0 Å². The van der Waals surface area contributed by atoms with Gasteiger partial charge in [-0.05, 0) is 37.1 Å². The van der Waals surface area contributed by atoms with Gasteiger partial charge in [-0.25, -0.2) is 4.98 Å². The van der Waals surface area contributed by atoms with E-state index in [0.29, 0.717) is 19.6 Å². The molecule has 1 atom stereocenters. The maximum absolute atomic E-state index is 12.4. The molecule has 6 nitrogen and oxygen atoms in total. The van der Waals surface area contributed by atoms with Gasteiger partial charge < -0.3 is 18.9 Å². The molecule has 2 aromatic carbocycles. The van der Waals surface area contributed by atoms with Gasteiger partial charge in [0.2, 0.25) is 5.91 Å². The number of imidazole rings is 1. The number of para-hydroxylation sites is 2. The molecule has 6 heteroatoms. The van der Waals surface area contributed by atoms with Gasteiger partial charge in [-0.1, -0.05) is 25.1 Å². The minimum atomic E-state index is 0.0340. The third-order valence-electron chi connectivity index (χ3n) is 5.48. The molecule has 0 unspecified atom stereocenters. The van der Waals surface area contributed by atoms with E-state index < -0.39 is 0 Å². The Hall–Kier alpha value is -3.02. The topological polar surface area (TPSA) is 56.6 Å². The molecule has 1 aromatic heterocycles. The summed E-state index contributed by atoms with van der Waals surface area (Å²) in [6.45, 7) is 3.90. The second-order valence-electron chi connectivity index (χ2n) is 7.24. The minimum absolute atomic E-state index is 0.0340. The molecule has 152 valence electrons. The van der Waals surface area contributed by atoms with Crippen LogP contribution in [0.4, 0.5) is 0 Å². The van der Waals surface area contributed by atoms with E-state index in [9.17, 15) is 4.79 Å². The van der Waals surface area contributed by atoms with Crippen molar-refractivity contribution in [3.63, 3.8) is 0 Å². The molecule has 1 aliphatic heterocycles. The van der Waals surface area contributed by atoms with Crippen molar-refractivity contribution in [2.24, 2.45) is 0 Å². The second kappa shape index (κ2) is 8.55. The number of carbonyl (C=O) groups excluding carboxylic acids is 1. The molecule has 3 aromatic rings. The summed E-state index contributed by atoms with van der Waals surface area (Å²) in [5.74, 6) is 2.70. The largest absolute Gasteiger partial charge is 0.497 e. The average molecular weight is 393 g/mol. The zero-order valence-electron chi connectivity index (χ0n) is 17.0. The number of carbonyl (C=O) groups is 1. The summed E-state index contributed by atoms with van der Waals surface area (Å²) in [5, 5.41) is 0. The van der Waals surface area contributed by atoms with E-state index in [4.69, 9.17) is 14.5 Å². The summed E-state index contributed by atoms with van der Waals surface area (Å²) >= 11 is 0. The molecule has 0 radical (unpaired) electrons. The lowest BCUT2D eigenvalue weighted by atomic mass is 10.2. The summed E-state index contributed by atoms with van der Waals surface area (Å²) in [6, 6.07) is 15.8. The lowest BCUT2D eigenvalue weighted by Crippen LogP contribution is -2.31. The molecule has 0 bridgehead atoms. The number of amides is 1. The fraction of sp³-hybridized carbons (Fsp3) is 0.391. The van der Waals surface area contributed by atoms with Crippen molar-refractivity contribution in [3.8, 4) is 11.5 Å². The van der Waals surface area contributed by atoms with E-state index in [1.54, 1.807) is 7.11 Å². The van der Waals surface area contributed by atoms with E-state index in [1.807, 2.05) is 54.3 Å². The van der Waals surface area contributed by atoms with Crippen LogP contribution in [0.15, 0.2) is 48.5 Å². The van der Waals surface area contributed by atoms with Crippen LogP contribution in [0.5, 0.6) is 11.5 Å². The molecule has 2 heterocycles. The smallest absolute Gasteiger partial charge is 0.222 e. The third kappa shape index (κ3) is 3.92. The van der Waals surface area contributed by atoms with Crippen molar-refractivity contribution < 1.29 is 14.3 Å². The van der Waals surface area contributed by atoms with Crippen molar-refractivity contribution in [3.05, 3.63) is 54.4 Å². The summed E-state index contributed by atoms with van der Waals surface area (Å²) < 4.78 is 13.4. The number of aromatic nitrogens is 2. The highest BCUT2D eigenvalue weighted by Gasteiger charge is 2.32. The van der Waals surface area contributed by atoms with Crippen molar-refractivity contribution >= 4 is 16.9 Å². The van der Waals surface area contributed by atoms with Crippen molar-refractivity contribution in [1.82, 2.24) is 14.5 Å². The lowest BCUT2D eigenvalue weighted by molar-refractivity contribution is -0.131. The van der Waals surface area contributed by atoms with Gasteiger partial charge in [-0.15, -0.1) is 0 Å². The first kappa shape index (κ1) is 19.3. The van der Waals surface area contributed by atoms with E-state index in [2.05, 4.69) is 10.6 Å². The normalized spacial score (nSPS) is 16.3. The first-order chi connectivity index (χ1) is 14.2. The Morgan fingerprint density at radius 1 is 1.17 bits per heavy atom. The van der Waals surface area contributed by atoms with Crippen LogP contribution in [0.2, 0.25) is 0 Å². The molecule has 1 amide bonds. The Kier molecular flexibility index (Phi) is 5.69. The molecule has 29 heavy (non-hydrogen) atoms. The first-order valence-corrected chi connectivity index (χ1v) is 10.2.